The van der Waals surface area contributed by atoms with Crippen LogP contribution in [0.3, 0.4) is 0 Å². The van der Waals surface area contributed by atoms with E-state index < -0.39 is 10.9 Å². The summed E-state index contributed by atoms with van der Waals surface area (Å²) in [7, 11) is 1.27. The minimum atomic E-state index is -0.572. The van der Waals surface area contributed by atoms with Gasteiger partial charge in [0.15, 0.2) is 0 Å². The number of rotatable bonds is 4. The Balaban J connectivity index is 2.13. The fraction of sp³-hybridized carbons (Fsp3) is 0.312. The van der Waals surface area contributed by atoms with Crippen molar-refractivity contribution in [1.29, 1.82) is 0 Å². The van der Waals surface area contributed by atoms with Crippen LogP contribution in [0.4, 0.5) is 11.4 Å². The molecule has 0 spiro atoms. The minimum absolute atomic E-state index is 0.0923. The molecule has 2 aromatic rings. The maximum atomic E-state index is 12.0. The van der Waals surface area contributed by atoms with Crippen LogP contribution < -0.4 is 4.90 Å². The number of aromatic nitrogens is 1. The second kappa shape index (κ2) is 7.24. The smallest absolute Gasteiger partial charge is 0.355 e. The molecule has 1 aromatic heterocycles. The number of carbonyl (C=O) groups excluding carboxylic acids is 1. The summed E-state index contributed by atoms with van der Waals surface area (Å²) >= 11 is 3.31. The van der Waals surface area contributed by atoms with E-state index in [1.807, 2.05) is 0 Å². The Hall–Kier alpha value is -2.39. The summed E-state index contributed by atoms with van der Waals surface area (Å²) in [5, 5.41) is 11.5. The van der Waals surface area contributed by atoms with Crippen LogP contribution in [0.15, 0.2) is 34.9 Å². The third kappa shape index (κ3) is 3.52. The second-order valence-electron chi connectivity index (χ2n) is 5.43. The number of carbonyl (C=O) groups is 1. The van der Waals surface area contributed by atoms with Gasteiger partial charge in [-0.3, -0.25) is 10.1 Å². The van der Waals surface area contributed by atoms with Gasteiger partial charge in [0.25, 0.3) is 5.69 Å². The van der Waals surface area contributed by atoms with E-state index in [0.717, 1.165) is 5.69 Å². The average Bonchev–Trinajstić information content (AvgIpc) is 3.03. The van der Waals surface area contributed by atoms with Crippen LogP contribution in [-0.4, -0.2) is 48.9 Å². The van der Waals surface area contributed by atoms with Gasteiger partial charge in [-0.2, -0.15) is 0 Å². The Labute approximate surface area is 152 Å². The maximum Gasteiger partial charge on any atom is 0.355 e. The van der Waals surface area contributed by atoms with Gasteiger partial charge in [0, 0.05) is 35.5 Å². The molecule has 8 nitrogen and oxygen atoms in total. The molecule has 0 N–H and O–H groups in total. The van der Waals surface area contributed by atoms with Gasteiger partial charge < -0.3 is 18.9 Å². The molecule has 1 aromatic carbocycles. The van der Waals surface area contributed by atoms with Crippen molar-refractivity contribution in [2.75, 3.05) is 38.3 Å². The SMILES string of the molecule is COC(=O)c1cc(Br)cn1-c1cc(N2CCOCC2)ccc1[N+](=O)[O-]. The number of nitrogens with zero attached hydrogens (tertiary/aromatic N) is 3. The minimum Gasteiger partial charge on any atom is -0.464 e. The van der Waals surface area contributed by atoms with Crippen molar-refractivity contribution in [3.63, 3.8) is 0 Å². The monoisotopic (exact) mass is 409 g/mol. The molecule has 1 aliphatic heterocycles. The van der Waals surface area contributed by atoms with E-state index in [1.54, 1.807) is 24.4 Å². The van der Waals surface area contributed by atoms with E-state index >= 15 is 0 Å². The summed E-state index contributed by atoms with van der Waals surface area (Å²) in [5.74, 6) is -0.572. The molecule has 0 aliphatic carbocycles. The molecule has 0 unspecified atom stereocenters. The zero-order chi connectivity index (χ0) is 18.0. The summed E-state index contributed by atoms with van der Waals surface area (Å²) in [6.07, 6.45) is 1.61. The molecule has 1 fully saturated rings. The van der Waals surface area contributed by atoms with Crippen LogP contribution in [-0.2, 0) is 9.47 Å². The molecule has 1 aliphatic rings. The highest BCUT2D eigenvalue weighted by atomic mass is 79.9. The lowest BCUT2D eigenvalue weighted by molar-refractivity contribution is -0.384. The molecule has 0 saturated carbocycles. The van der Waals surface area contributed by atoms with Crippen molar-refractivity contribution in [3.05, 3.63) is 50.7 Å². The van der Waals surface area contributed by atoms with Gasteiger partial charge in [-0.15, -0.1) is 0 Å². The number of nitro groups is 1. The number of ether oxygens (including phenoxy) is 2. The summed E-state index contributed by atoms with van der Waals surface area (Å²) in [5.41, 5.74) is 1.26. The average molecular weight is 410 g/mol. The lowest BCUT2D eigenvalue weighted by atomic mass is 10.2. The molecule has 0 atom stereocenters. The predicted octanol–water partition coefficient (Wildman–Crippen LogP) is 2.77. The summed E-state index contributed by atoms with van der Waals surface area (Å²) in [4.78, 5) is 25.1. The second-order valence-corrected chi connectivity index (χ2v) is 6.35. The lowest BCUT2D eigenvalue weighted by Crippen LogP contribution is -2.36. The summed E-state index contributed by atoms with van der Waals surface area (Å²) in [6.45, 7) is 2.62. The van der Waals surface area contributed by atoms with Crippen molar-refractivity contribution in [2.45, 2.75) is 0 Å². The number of esters is 1. The van der Waals surface area contributed by atoms with Gasteiger partial charge in [-0.1, -0.05) is 0 Å². The molecular weight excluding hydrogens is 394 g/mol. The van der Waals surface area contributed by atoms with Gasteiger partial charge in [0.2, 0.25) is 0 Å². The Morgan fingerprint density at radius 2 is 2.04 bits per heavy atom. The lowest BCUT2D eigenvalue weighted by Gasteiger charge is -2.29. The fourth-order valence-electron chi connectivity index (χ4n) is 2.77. The zero-order valence-corrected chi connectivity index (χ0v) is 15.1. The van der Waals surface area contributed by atoms with Crippen LogP contribution in [0.2, 0.25) is 0 Å². The molecule has 0 amide bonds. The van der Waals surface area contributed by atoms with Crippen molar-refractivity contribution < 1.29 is 19.2 Å². The molecule has 9 heteroatoms. The first kappa shape index (κ1) is 17.4. The van der Waals surface area contributed by atoms with Gasteiger partial charge in [0.05, 0.1) is 25.2 Å². The number of anilines is 1. The van der Waals surface area contributed by atoms with Crippen LogP contribution in [0.1, 0.15) is 10.5 Å². The summed E-state index contributed by atoms with van der Waals surface area (Å²) in [6, 6.07) is 6.44. The highest BCUT2D eigenvalue weighted by Crippen LogP contribution is 2.31. The molecular formula is C16H16BrN3O5. The first-order valence-electron chi connectivity index (χ1n) is 7.59. The van der Waals surface area contributed by atoms with Crippen molar-refractivity contribution in [1.82, 2.24) is 4.57 Å². The van der Waals surface area contributed by atoms with E-state index in [2.05, 4.69) is 20.8 Å². The van der Waals surface area contributed by atoms with Crippen LogP contribution in [0.5, 0.6) is 0 Å². The largest absolute Gasteiger partial charge is 0.464 e. The number of morpholine rings is 1. The number of nitro benzene ring substituents is 1. The standard InChI is InChI=1S/C16H16BrN3O5/c1-24-16(21)15-8-11(17)10-19(15)14-9-12(2-3-13(14)20(22)23)18-4-6-25-7-5-18/h2-3,8-10H,4-7H2,1H3. The quantitative estimate of drug-likeness (QED) is 0.438. The predicted molar refractivity (Wildman–Crippen MR) is 94.5 cm³/mol. The molecule has 0 radical (unpaired) electrons. The van der Waals surface area contributed by atoms with Crippen LogP contribution in [0, 0.1) is 10.1 Å². The van der Waals surface area contributed by atoms with Gasteiger partial charge in [0.1, 0.15) is 11.4 Å². The van der Waals surface area contributed by atoms with Gasteiger partial charge in [-0.05, 0) is 34.1 Å². The van der Waals surface area contributed by atoms with E-state index in [1.165, 1.54) is 17.7 Å². The molecule has 1 saturated heterocycles. The topological polar surface area (TPSA) is 86.8 Å². The Morgan fingerprint density at radius 3 is 2.68 bits per heavy atom. The Morgan fingerprint density at radius 1 is 1.32 bits per heavy atom. The van der Waals surface area contributed by atoms with Crippen molar-refractivity contribution in [2.24, 2.45) is 0 Å². The summed E-state index contributed by atoms with van der Waals surface area (Å²) < 4.78 is 12.2. The van der Waals surface area contributed by atoms with E-state index in [-0.39, 0.29) is 11.4 Å². The first-order valence-corrected chi connectivity index (χ1v) is 8.38. The Kier molecular flexibility index (Phi) is 5.05. The number of hydrogen-bond acceptors (Lipinski definition) is 6. The van der Waals surface area contributed by atoms with E-state index in [4.69, 9.17) is 9.47 Å². The first-order chi connectivity index (χ1) is 12.0. The van der Waals surface area contributed by atoms with Crippen LogP contribution >= 0.6 is 15.9 Å². The highest BCUT2D eigenvalue weighted by Gasteiger charge is 2.23. The van der Waals surface area contributed by atoms with E-state index in [0.29, 0.717) is 36.5 Å². The van der Waals surface area contributed by atoms with E-state index in [9.17, 15) is 14.9 Å². The third-order valence-electron chi connectivity index (χ3n) is 3.97. The number of benzene rings is 1. The van der Waals surface area contributed by atoms with Crippen LogP contribution in [0.25, 0.3) is 5.69 Å². The number of hydrogen-bond donors (Lipinski definition) is 0. The maximum absolute atomic E-state index is 12.0. The normalized spacial score (nSPS) is 14.4. The molecule has 0 bridgehead atoms. The highest BCUT2D eigenvalue weighted by molar-refractivity contribution is 9.10. The molecule has 3 rings (SSSR count). The fourth-order valence-corrected chi connectivity index (χ4v) is 3.19. The van der Waals surface area contributed by atoms with Gasteiger partial charge in [-0.25, -0.2) is 4.79 Å². The molecule has 2 heterocycles. The van der Waals surface area contributed by atoms with Crippen molar-refractivity contribution in [3.8, 4) is 5.69 Å². The zero-order valence-electron chi connectivity index (χ0n) is 13.5. The Bertz CT molecular complexity index is 814. The molecule has 132 valence electrons. The van der Waals surface area contributed by atoms with Crippen molar-refractivity contribution >= 4 is 33.3 Å². The number of halogens is 1. The number of methoxy groups -OCH3 is 1. The van der Waals surface area contributed by atoms with Gasteiger partial charge >= 0.3 is 5.97 Å². The molecule has 25 heavy (non-hydrogen) atoms. The third-order valence-corrected chi connectivity index (χ3v) is 4.41.